The quantitative estimate of drug-likeness (QED) is 0.598. The van der Waals surface area contributed by atoms with Crippen molar-refractivity contribution in [2.75, 3.05) is 5.32 Å². The summed E-state index contributed by atoms with van der Waals surface area (Å²) in [5.41, 5.74) is 3.39. The van der Waals surface area contributed by atoms with E-state index in [-0.39, 0.29) is 5.91 Å². The molecule has 7 nitrogen and oxygen atoms in total. The first-order valence-electron chi connectivity index (χ1n) is 8.87. The van der Waals surface area contributed by atoms with Crippen molar-refractivity contribution in [3.05, 3.63) is 65.9 Å². The SMILES string of the molecule is Cc1c(C(=O)Nc2ccc3nc(C4CC4)oc3c2)cnn1-c1ccccn1. The van der Waals surface area contributed by atoms with Crippen LogP contribution in [0, 0.1) is 6.92 Å². The molecule has 5 rings (SSSR count). The van der Waals surface area contributed by atoms with Crippen LogP contribution in [0.2, 0.25) is 0 Å². The van der Waals surface area contributed by atoms with Gasteiger partial charge in [0.25, 0.3) is 5.91 Å². The molecule has 0 spiro atoms. The number of amides is 1. The summed E-state index contributed by atoms with van der Waals surface area (Å²) in [6.45, 7) is 1.85. The minimum Gasteiger partial charge on any atom is -0.440 e. The molecule has 1 N–H and O–H groups in total. The first-order valence-corrected chi connectivity index (χ1v) is 8.87. The molecule has 0 radical (unpaired) electrons. The van der Waals surface area contributed by atoms with E-state index >= 15 is 0 Å². The average Bonchev–Trinajstić information content (AvgIpc) is 3.33. The number of oxazole rings is 1. The van der Waals surface area contributed by atoms with Gasteiger partial charge in [-0.15, -0.1) is 0 Å². The van der Waals surface area contributed by atoms with Gasteiger partial charge < -0.3 is 9.73 Å². The van der Waals surface area contributed by atoms with Crippen LogP contribution in [0.25, 0.3) is 16.9 Å². The van der Waals surface area contributed by atoms with Gasteiger partial charge in [0.2, 0.25) is 0 Å². The monoisotopic (exact) mass is 359 g/mol. The standard InChI is InChI=1S/C20H17N5O2/c1-12-15(11-22-25(12)18-4-2-3-9-21-18)19(26)23-14-7-8-16-17(10-14)27-20(24-16)13-5-6-13/h2-4,7-11,13H,5-6H2,1H3,(H,23,26). The highest BCUT2D eigenvalue weighted by molar-refractivity contribution is 6.05. The molecule has 1 saturated carbocycles. The van der Waals surface area contributed by atoms with Crippen LogP contribution in [-0.4, -0.2) is 25.7 Å². The highest BCUT2D eigenvalue weighted by Crippen LogP contribution is 2.40. The highest BCUT2D eigenvalue weighted by atomic mass is 16.3. The van der Waals surface area contributed by atoms with Crippen molar-refractivity contribution in [2.24, 2.45) is 0 Å². The largest absolute Gasteiger partial charge is 0.440 e. The van der Waals surface area contributed by atoms with Gasteiger partial charge in [0.05, 0.1) is 17.5 Å². The van der Waals surface area contributed by atoms with Crippen molar-refractivity contribution in [3.63, 3.8) is 0 Å². The maximum atomic E-state index is 12.7. The number of fused-ring (bicyclic) bond motifs is 1. The first-order chi connectivity index (χ1) is 13.2. The van der Waals surface area contributed by atoms with Crippen molar-refractivity contribution in [3.8, 4) is 5.82 Å². The van der Waals surface area contributed by atoms with Crippen LogP contribution < -0.4 is 5.32 Å². The van der Waals surface area contributed by atoms with Crippen LogP contribution in [0.5, 0.6) is 0 Å². The second kappa shape index (κ2) is 6.05. The molecule has 134 valence electrons. The second-order valence-electron chi connectivity index (χ2n) is 6.71. The second-order valence-corrected chi connectivity index (χ2v) is 6.71. The van der Waals surface area contributed by atoms with E-state index in [9.17, 15) is 4.79 Å². The van der Waals surface area contributed by atoms with Gasteiger partial charge in [-0.1, -0.05) is 6.07 Å². The molecule has 1 fully saturated rings. The Morgan fingerprint density at radius 3 is 2.93 bits per heavy atom. The number of rotatable bonds is 4. The number of pyridine rings is 1. The average molecular weight is 359 g/mol. The van der Waals surface area contributed by atoms with Crippen LogP contribution in [0.15, 0.2) is 53.2 Å². The normalized spacial score (nSPS) is 13.8. The third kappa shape index (κ3) is 2.87. The minimum absolute atomic E-state index is 0.226. The lowest BCUT2D eigenvalue weighted by Crippen LogP contribution is -2.13. The number of anilines is 1. The maximum Gasteiger partial charge on any atom is 0.259 e. The summed E-state index contributed by atoms with van der Waals surface area (Å²) in [5.74, 6) is 1.69. The Bertz CT molecular complexity index is 1140. The Morgan fingerprint density at radius 1 is 1.26 bits per heavy atom. The summed E-state index contributed by atoms with van der Waals surface area (Å²) >= 11 is 0. The zero-order valence-electron chi connectivity index (χ0n) is 14.7. The maximum absolute atomic E-state index is 12.7. The summed E-state index contributed by atoms with van der Waals surface area (Å²) in [7, 11) is 0. The Morgan fingerprint density at radius 2 is 2.15 bits per heavy atom. The molecule has 1 aromatic carbocycles. The summed E-state index contributed by atoms with van der Waals surface area (Å²) in [6, 6.07) is 11.1. The molecular weight excluding hydrogens is 342 g/mol. The number of benzene rings is 1. The van der Waals surface area contributed by atoms with Crippen molar-refractivity contribution >= 4 is 22.7 Å². The molecule has 0 saturated heterocycles. The number of nitrogens with zero attached hydrogens (tertiary/aromatic N) is 4. The van der Waals surface area contributed by atoms with Crippen molar-refractivity contribution in [1.29, 1.82) is 0 Å². The number of carbonyl (C=O) groups excluding carboxylic acids is 1. The lowest BCUT2D eigenvalue weighted by atomic mass is 10.2. The van der Waals surface area contributed by atoms with E-state index in [1.165, 1.54) is 0 Å². The number of hydrogen-bond donors (Lipinski definition) is 1. The predicted octanol–water partition coefficient (Wildman–Crippen LogP) is 3.85. The number of hydrogen-bond acceptors (Lipinski definition) is 5. The molecule has 1 aliphatic carbocycles. The number of aromatic nitrogens is 4. The van der Waals surface area contributed by atoms with Gasteiger partial charge in [0.15, 0.2) is 17.3 Å². The van der Waals surface area contributed by atoms with Crippen LogP contribution in [-0.2, 0) is 0 Å². The third-order valence-corrected chi connectivity index (χ3v) is 4.71. The fourth-order valence-electron chi connectivity index (χ4n) is 3.07. The zero-order valence-corrected chi connectivity index (χ0v) is 14.7. The predicted molar refractivity (Wildman–Crippen MR) is 100 cm³/mol. The lowest BCUT2D eigenvalue weighted by Gasteiger charge is -2.06. The molecule has 0 atom stereocenters. The Hall–Kier alpha value is -3.48. The van der Waals surface area contributed by atoms with Crippen LogP contribution in [0.4, 0.5) is 5.69 Å². The molecule has 1 amide bonds. The van der Waals surface area contributed by atoms with Crippen molar-refractivity contribution in [2.45, 2.75) is 25.7 Å². The smallest absolute Gasteiger partial charge is 0.259 e. The summed E-state index contributed by atoms with van der Waals surface area (Å²) in [5, 5.41) is 7.20. The Kier molecular flexibility index (Phi) is 3.53. The number of carbonyl (C=O) groups is 1. The molecule has 3 heterocycles. The number of nitrogens with one attached hydrogen (secondary N) is 1. The van der Waals surface area contributed by atoms with Crippen LogP contribution in [0.1, 0.15) is 40.7 Å². The van der Waals surface area contributed by atoms with E-state index in [0.717, 1.165) is 29.9 Å². The fraction of sp³-hybridized carbons (Fsp3) is 0.200. The first kappa shape index (κ1) is 15.7. The molecule has 1 aliphatic rings. The Balaban J connectivity index is 1.40. The topological polar surface area (TPSA) is 85.8 Å². The summed E-state index contributed by atoms with van der Waals surface area (Å²) in [6.07, 6.45) is 5.52. The molecule has 4 aromatic rings. The van der Waals surface area contributed by atoms with Gasteiger partial charge in [-0.2, -0.15) is 5.10 Å². The van der Waals surface area contributed by atoms with Crippen molar-refractivity contribution in [1.82, 2.24) is 19.7 Å². The third-order valence-electron chi connectivity index (χ3n) is 4.71. The highest BCUT2D eigenvalue weighted by Gasteiger charge is 2.29. The van der Waals surface area contributed by atoms with Crippen molar-refractivity contribution < 1.29 is 9.21 Å². The summed E-state index contributed by atoms with van der Waals surface area (Å²) in [4.78, 5) is 21.5. The molecule has 7 heteroatoms. The minimum atomic E-state index is -0.226. The van der Waals surface area contributed by atoms with Gasteiger partial charge >= 0.3 is 0 Å². The van der Waals surface area contributed by atoms with E-state index in [1.807, 2.05) is 43.3 Å². The fourth-order valence-corrected chi connectivity index (χ4v) is 3.07. The lowest BCUT2D eigenvalue weighted by molar-refractivity contribution is 0.102. The van der Waals surface area contributed by atoms with Crippen LogP contribution >= 0.6 is 0 Å². The Labute approximate surface area is 155 Å². The van der Waals surface area contributed by atoms with Gasteiger partial charge in [-0.3, -0.25) is 4.79 Å². The molecule has 0 unspecified atom stereocenters. The molecule has 3 aromatic heterocycles. The van der Waals surface area contributed by atoms with Gasteiger partial charge in [0, 0.05) is 23.9 Å². The molecule has 27 heavy (non-hydrogen) atoms. The van der Waals surface area contributed by atoms with E-state index < -0.39 is 0 Å². The van der Waals surface area contributed by atoms with Gasteiger partial charge in [0.1, 0.15) is 5.52 Å². The summed E-state index contributed by atoms with van der Waals surface area (Å²) < 4.78 is 7.47. The van der Waals surface area contributed by atoms with E-state index in [0.29, 0.717) is 28.6 Å². The molecular formula is C20H17N5O2. The zero-order chi connectivity index (χ0) is 18.4. The van der Waals surface area contributed by atoms with Crippen LogP contribution in [0.3, 0.4) is 0 Å². The van der Waals surface area contributed by atoms with E-state index in [2.05, 4.69) is 20.4 Å². The van der Waals surface area contributed by atoms with E-state index in [1.54, 1.807) is 17.1 Å². The molecule has 0 aliphatic heterocycles. The van der Waals surface area contributed by atoms with Gasteiger partial charge in [-0.05, 0) is 44.0 Å². The van der Waals surface area contributed by atoms with Gasteiger partial charge in [-0.25, -0.2) is 14.6 Å². The molecule has 0 bridgehead atoms. The van der Waals surface area contributed by atoms with E-state index in [4.69, 9.17) is 4.42 Å².